The Morgan fingerprint density at radius 3 is 3.04 bits per heavy atom. The molecule has 23 heavy (non-hydrogen) atoms. The number of amides is 2. The predicted octanol–water partition coefficient (Wildman–Crippen LogP) is 3.52. The molecule has 1 N–H and O–H groups in total. The number of urea groups is 1. The quantitative estimate of drug-likeness (QED) is 0.830. The molecule has 1 atom stereocenters. The van der Waals surface area contributed by atoms with Crippen molar-refractivity contribution >= 4 is 11.7 Å². The number of hydrogen-bond acceptors (Lipinski definition) is 3. The number of hydrogen-bond donors (Lipinski definition) is 1. The van der Waals surface area contributed by atoms with Gasteiger partial charge in [0.15, 0.2) is 0 Å². The van der Waals surface area contributed by atoms with Gasteiger partial charge in [-0.15, -0.1) is 0 Å². The number of rotatable bonds is 6. The van der Waals surface area contributed by atoms with Gasteiger partial charge in [0, 0.05) is 31.3 Å². The number of para-hydroxylation sites is 1. The van der Waals surface area contributed by atoms with Gasteiger partial charge in [-0.2, -0.15) is 0 Å². The topological polar surface area (TPSA) is 54.7 Å². The molecule has 5 heteroatoms. The summed E-state index contributed by atoms with van der Waals surface area (Å²) < 4.78 is 10.7. The van der Waals surface area contributed by atoms with E-state index in [0.29, 0.717) is 25.7 Å². The van der Waals surface area contributed by atoms with Crippen LogP contribution in [-0.2, 0) is 11.3 Å². The molecule has 1 aromatic carbocycles. The van der Waals surface area contributed by atoms with Crippen LogP contribution in [0.5, 0.6) is 0 Å². The van der Waals surface area contributed by atoms with Crippen LogP contribution in [0.25, 0.3) is 0 Å². The van der Waals surface area contributed by atoms with E-state index in [1.165, 1.54) is 5.56 Å². The van der Waals surface area contributed by atoms with E-state index >= 15 is 0 Å². The third-order valence-corrected chi connectivity index (χ3v) is 4.03. The first-order chi connectivity index (χ1) is 11.3. The highest BCUT2D eigenvalue weighted by molar-refractivity contribution is 5.94. The summed E-state index contributed by atoms with van der Waals surface area (Å²) in [5.41, 5.74) is 2.26. The van der Waals surface area contributed by atoms with Crippen molar-refractivity contribution in [3.8, 4) is 0 Å². The van der Waals surface area contributed by atoms with Crippen LogP contribution in [0.3, 0.4) is 0 Å². The van der Waals surface area contributed by atoms with E-state index in [4.69, 9.17) is 9.15 Å². The number of nitrogens with zero attached hydrogens (tertiary/aromatic N) is 1. The largest absolute Gasteiger partial charge is 0.467 e. The van der Waals surface area contributed by atoms with Crippen molar-refractivity contribution in [1.29, 1.82) is 0 Å². The fourth-order valence-corrected chi connectivity index (χ4v) is 2.85. The third kappa shape index (κ3) is 3.74. The van der Waals surface area contributed by atoms with Crippen LogP contribution in [-0.4, -0.2) is 25.7 Å². The first-order valence-electron chi connectivity index (χ1n) is 8.00. The van der Waals surface area contributed by atoms with Crippen LogP contribution >= 0.6 is 0 Å². The SMILES string of the molecule is CC1CN(C(=O)NCCCOCc2ccco2)c2ccccc21. The molecule has 0 saturated carbocycles. The summed E-state index contributed by atoms with van der Waals surface area (Å²) in [6.07, 6.45) is 2.41. The molecule has 1 unspecified atom stereocenters. The van der Waals surface area contributed by atoms with Crippen molar-refractivity contribution in [3.63, 3.8) is 0 Å². The number of benzene rings is 1. The van der Waals surface area contributed by atoms with E-state index < -0.39 is 0 Å². The summed E-state index contributed by atoms with van der Waals surface area (Å²) >= 11 is 0. The Balaban J connectivity index is 1.39. The Morgan fingerprint density at radius 1 is 1.35 bits per heavy atom. The van der Waals surface area contributed by atoms with Crippen molar-refractivity contribution in [3.05, 3.63) is 54.0 Å². The zero-order valence-electron chi connectivity index (χ0n) is 13.3. The van der Waals surface area contributed by atoms with Crippen molar-refractivity contribution in [1.82, 2.24) is 5.32 Å². The molecule has 0 saturated heterocycles. The molecule has 122 valence electrons. The normalized spacial score (nSPS) is 16.4. The first kappa shape index (κ1) is 15.6. The summed E-state index contributed by atoms with van der Waals surface area (Å²) in [6.45, 7) is 4.55. The lowest BCUT2D eigenvalue weighted by Gasteiger charge is -2.18. The van der Waals surface area contributed by atoms with E-state index in [9.17, 15) is 4.79 Å². The van der Waals surface area contributed by atoms with E-state index in [1.807, 2.05) is 35.2 Å². The number of nitrogens with one attached hydrogen (secondary N) is 1. The average molecular weight is 314 g/mol. The van der Waals surface area contributed by atoms with Crippen molar-refractivity contribution in [2.24, 2.45) is 0 Å². The standard InChI is InChI=1S/C18H22N2O3/c1-14-12-20(17-8-3-2-7-16(14)17)18(21)19-9-5-10-22-13-15-6-4-11-23-15/h2-4,6-8,11,14H,5,9-10,12-13H2,1H3,(H,19,21). The molecule has 1 aromatic heterocycles. The first-order valence-corrected chi connectivity index (χ1v) is 8.00. The van der Waals surface area contributed by atoms with Crippen LogP contribution in [0.1, 0.15) is 30.6 Å². The summed E-state index contributed by atoms with van der Waals surface area (Å²) in [5, 5.41) is 2.96. The molecular formula is C18H22N2O3. The van der Waals surface area contributed by atoms with Crippen molar-refractivity contribution < 1.29 is 13.9 Å². The maximum absolute atomic E-state index is 12.3. The fourth-order valence-electron chi connectivity index (χ4n) is 2.85. The molecule has 0 spiro atoms. The van der Waals surface area contributed by atoms with Gasteiger partial charge in [-0.3, -0.25) is 4.90 Å². The predicted molar refractivity (Wildman–Crippen MR) is 88.6 cm³/mol. The highest BCUT2D eigenvalue weighted by Crippen LogP contribution is 2.35. The Morgan fingerprint density at radius 2 is 2.22 bits per heavy atom. The summed E-state index contributed by atoms with van der Waals surface area (Å²) in [4.78, 5) is 14.2. The lowest BCUT2D eigenvalue weighted by molar-refractivity contribution is 0.104. The monoisotopic (exact) mass is 314 g/mol. The minimum absolute atomic E-state index is 0.0344. The molecule has 1 aliphatic rings. The number of carbonyl (C=O) groups is 1. The smallest absolute Gasteiger partial charge is 0.321 e. The minimum Gasteiger partial charge on any atom is -0.467 e. The second-order valence-corrected chi connectivity index (χ2v) is 5.79. The molecular weight excluding hydrogens is 292 g/mol. The molecule has 2 heterocycles. The van der Waals surface area contributed by atoms with Crippen molar-refractivity contribution in [2.75, 3.05) is 24.6 Å². The van der Waals surface area contributed by atoms with Gasteiger partial charge < -0.3 is 14.5 Å². The Labute approximate surface area is 136 Å². The number of furan rings is 1. The van der Waals surface area contributed by atoms with E-state index in [2.05, 4.69) is 18.3 Å². The maximum atomic E-state index is 12.3. The summed E-state index contributed by atoms with van der Waals surface area (Å²) in [6, 6.07) is 11.8. The van der Waals surface area contributed by atoms with Crippen LogP contribution < -0.4 is 10.2 Å². The zero-order chi connectivity index (χ0) is 16.1. The van der Waals surface area contributed by atoms with Gasteiger partial charge in [-0.1, -0.05) is 25.1 Å². The molecule has 2 aromatic rings. The van der Waals surface area contributed by atoms with Gasteiger partial charge in [0.25, 0.3) is 0 Å². The highest BCUT2D eigenvalue weighted by atomic mass is 16.5. The molecule has 0 fully saturated rings. The molecule has 5 nitrogen and oxygen atoms in total. The number of anilines is 1. The van der Waals surface area contributed by atoms with Crippen molar-refractivity contribution in [2.45, 2.75) is 25.9 Å². The lowest BCUT2D eigenvalue weighted by atomic mass is 10.0. The molecule has 0 aliphatic carbocycles. The minimum atomic E-state index is -0.0344. The molecule has 3 rings (SSSR count). The summed E-state index contributed by atoms with van der Waals surface area (Å²) in [5.74, 6) is 1.20. The molecule has 0 bridgehead atoms. The maximum Gasteiger partial charge on any atom is 0.321 e. The summed E-state index contributed by atoms with van der Waals surface area (Å²) in [7, 11) is 0. The van der Waals surface area contributed by atoms with Gasteiger partial charge >= 0.3 is 6.03 Å². The highest BCUT2D eigenvalue weighted by Gasteiger charge is 2.28. The van der Waals surface area contributed by atoms with Crippen LogP contribution in [0.4, 0.5) is 10.5 Å². The number of carbonyl (C=O) groups excluding carboxylic acids is 1. The van der Waals surface area contributed by atoms with Crippen LogP contribution in [0.15, 0.2) is 47.1 Å². The molecule has 1 aliphatic heterocycles. The van der Waals surface area contributed by atoms with E-state index in [0.717, 1.165) is 24.4 Å². The van der Waals surface area contributed by atoms with Gasteiger partial charge in [-0.25, -0.2) is 4.79 Å². The number of fused-ring (bicyclic) bond motifs is 1. The lowest BCUT2D eigenvalue weighted by Crippen LogP contribution is -2.39. The van der Waals surface area contributed by atoms with Gasteiger partial charge in [0.2, 0.25) is 0 Å². The third-order valence-electron chi connectivity index (χ3n) is 4.03. The Kier molecular flexibility index (Phi) is 4.98. The average Bonchev–Trinajstić information content (AvgIpc) is 3.19. The Hall–Kier alpha value is -2.27. The second kappa shape index (κ2) is 7.33. The van der Waals surface area contributed by atoms with Crippen LogP contribution in [0.2, 0.25) is 0 Å². The van der Waals surface area contributed by atoms with Gasteiger partial charge in [0.1, 0.15) is 12.4 Å². The number of ether oxygens (including phenoxy) is 1. The van der Waals surface area contributed by atoms with Gasteiger partial charge in [0.05, 0.1) is 6.26 Å². The zero-order valence-corrected chi connectivity index (χ0v) is 13.3. The second-order valence-electron chi connectivity index (χ2n) is 5.79. The van der Waals surface area contributed by atoms with Gasteiger partial charge in [-0.05, 0) is 30.2 Å². The fraction of sp³-hybridized carbons (Fsp3) is 0.389. The Bertz CT molecular complexity index is 639. The van der Waals surface area contributed by atoms with E-state index in [1.54, 1.807) is 6.26 Å². The molecule has 0 radical (unpaired) electrons. The van der Waals surface area contributed by atoms with E-state index in [-0.39, 0.29) is 6.03 Å². The van der Waals surface area contributed by atoms with Crippen LogP contribution in [0, 0.1) is 0 Å². The molecule has 2 amide bonds.